The molecule has 4 rings (SSSR count). The molecule has 0 aromatic carbocycles. The number of carbonyl (C=O) groups is 1. The van der Waals surface area contributed by atoms with Gasteiger partial charge in [0.05, 0.1) is 30.7 Å². The third kappa shape index (κ3) is 7.82. The molecule has 2 aliphatic rings. The molecule has 0 radical (unpaired) electrons. The zero-order valence-corrected chi connectivity index (χ0v) is 21.9. The van der Waals surface area contributed by atoms with E-state index in [-0.39, 0.29) is 12.1 Å². The van der Waals surface area contributed by atoms with Gasteiger partial charge >= 0.3 is 6.09 Å². The van der Waals surface area contributed by atoms with Crippen molar-refractivity contribution in [3.63, 3.8) is 0 Å². The van der Waals surface area contributed by atoms with E-state index in [4.69, 9.17) is 14.2 Å². The first-order chi connectivity index (χ1) is 17.4. The average molecular weight is 497 g/mol. The van der Waals surface area contributed by atoms with Crippen LogP contribution in [0.3, 0.4) is 0 Å². The fraction of sp³-hybridized carbons (Fsp3) is 0.607. The quantitative estimate of drug-likeness (QED) is 0.448. The Kier molecular flexibility index (Phi) is 9.02. The molecule has 1 amide bonds. The van der Waals surface area contributed by atoms with Crippen LogP contribution in [0.4, 0.5) is 10.5 Å². The van der Waals surface area contributed by atoms with Crippen molar-refractivity contribution in [3.8, 4) is 5.75 Å². The van der Waals surface area contributed by atoms with Crippen LogP contribution in [0.25, 0.3) is 0 Å². The van der Waals surface area contributed by atoms with Gasteiger partial charge in [-0.3, -0.25) is 9.97 Å². The number of likely N-dealkylation sites (tertiary alicyclic amines) is 1. The fourth-order valence-corrected chi connectivity index (χ4v) is 4.82. The van der Waals surface area contributed by atoms with Crippen LogP contribution in [0.1, 0.15) is 58.4 Å². The number of amides is 1. The van der Waals surface area contributed by atoms with Crippen molar-refractivity contribution in [1.82, 2.24) is 14.9 Å². The summed E-state index contributed by atoms with van der Waals surface area (Å²) in [4.78, 5) is 25.3. The molecule has 196 valence electrons. The van der Waals surface area contributed by atoms with Crippen molar-refractivity contribution in [2.45, 2.75) is 71.1 Å². The second-order valence-electron chi connectivity index (χ2n) is 10.8. The molecule has 8 nitrogen and oxygen atoms in total. The number of aromatic nitrogens is 2. The average Bonchev–Trinajstić information content (AvgIpc) is 3.35. The number of carbonyl (C=O) groups excluding carboxylic acids is 1. The lowest BCUT2D eigenvalue weighted by Gasteiger charge is -2.33. The Morgan fingerprint density at radius 2 is 1.92 bits per heavy atom. The van der Waals surface area contributed by atoms with Gasteiger partial charge in [0.2, 0.25) is 0 Å². The maximum absolute atomic E-state index is 12.5. The SMILES string of the molecule is CC(C)(C)OC(=O)N1CCCC1COc1cncc(N2CCC(CCOCc3cccnc3)CC2)c1. The molecule has 1 atom stereocenters. The Labute approximate surface area is 215 Å². The van der Waals surface area contributed by atoms with Gasteiger partial charge in [0.1, 0.15) is 18.0 Å². The standard InChI is InChI=1S/C28H40N4O4/c1-28(2,3)36-27(33)32-12-5-7-24(32)21-35-26-16-25(18-30-19-26)31-13-8-22(9-14-31)10-15-34-20-23-6-4-11-29-17-23/h4,6,11,16-19,22,24H,5,7-10,12-15,20-21H2,1-3H3. The lowest BCUT2D eigenvalue weighted by atomic mass is 9.94. The number of piperidine rings is 1. The van der Waals surface area contributed by atoms with Crippen molar-refractivity contribution in [1.29, 1.82) is 0 Å². The van der Waals surface area contributed by atoms with Crippen molar-refractivity contribution in [2.24, 2.45) is 5.92 Å². The van der Waals surface area contributed by atoms with E-state index in [9.17, 15) is 4.79 Å². The maximum Gasteiger partial charge on any atom is 0.410 e. The van der Waals surface area contributed by atoms with E-state index in [0.717, 1.165) is 68.8 Å². The maximum atomic E-state index is 12.5. The lowest BCUT2D eigenvalue weighted by Crippen LogP contribution is -2.42. The Balaban J connectivity index is 1.19. The summed E-state index contributed by atoms with van der Waals surface area (Å²) < 4.78 is 17.5. The minimum atomic E-state index is -0.496. The Morgan fingerprint density at radius 1 is 1.08 bits per heavy atom. The number of nitrogens with zero attached hydrogens (tertiary/aromatic N) is 4. The summed E-state index contributed by atoms with van der Waals surface area (Å²) in [6, 6.07) is 6.08. The molecule has 0 saturated carbocycles. The summed E-state index contributed by atoms with van der Waals surface area (Å²) in [7, 11) is 0. The van der Waals surface area contributed by atoms with Gasteiger partial charge in [-0.25, -0.2) is 4.79 Å². The van der Waals surface area contributed by atoms with Crippen LogP contribution in [-0.4, -0.2) is 65.5 Å². The fourth-order valence-electron chi connectivity index (χ4n) is 4.82. The van der Waals surface area contributed by atoms with Gasteiger partial charge in [0.15, 0.2) is 0 Å². The molecule has 36 heavy (non-hydrogen) atoms. The molecule has 0 spiro atoms. The summed E-state index contributed by atoms with van der Waals surface area (Å²) >= 11 is 0. The summed E-state index contributed by atoms with van der Waals surface area (Å²) in [6.07, 6.45) is 12.3. The van der Waals surface area contributed by atoms with Gasteiger partial charge in [0, 0.05) is 44.7 Å². The number of hydrogen-bond acceptors (Lipinski definition) is 7. The molecule has 0 aliphatic carbocycles. The molecular formula is C28H40N4O4. The molecule has 2 aromatic heterocycles. The predicted octanol–water partition coefficient (Wildman–Crippen LogP) is 5.08. The Bertz CT molecular complexity index is 958. The topological polar surface area (TPSA) is 77.0 Å². The van der Waals surface area contributed by atoms with Crippen LogP contribution in [0.15, 0.2) is 43.0 Å². The number of ether oxygens (including phenoxy) is 3. The van der Waals surface area contributed by atoms with E-state index in [2.05, 4.69) is 20.9 Å². The van der Waals surface area contributed by atoms with Crippen LogP contribution in [-0.2, 0) is 16.1 Å². The Morgan fingerprint density at radius 3 is 2.67 bits per heavy atom. The van der Waals surface area contributed by atoms with Gasteiger partial charge < -0.3 is 24.0 Å². The zero-order chi connectivity index (χ0) is 25.4. The number of hydrogen-bond donors (Lipinski definition) is 0. The van der Waals surface area contributed by atoms with Gasteiger partial charge in [0.25, 0.3) is 0 Å². The highest BCUT2D eigenvalue weighted by Gasteiger charge is 2.32. The predicted molar refractivity (Wildman–Crippen MR) is 139 cm³/mol. The molecule has 4 heterocycles. The second kappa shape index (κ2) is 12.4. The third-order valence-electron chi connectivity index (χ3n) is 6.79. The van der Waals surface area contributed by atoms with Gasteiger partial charge in [-0.1, -0.05) is 6.07 Å². The van der Waals surface area contributed by atoms with Crippen LogP contribution >= 0.6 is 0 Å². The third-order valence-corrected chi connectivity index (χ3v) is 6.79. The Hall–Kier alpha value is -2.87. The highest BCUT2D eigenvalue weighted by Crippen LogP contribution is 2.28. The molecule has 0 bridgehead atoms. The van der Waals surface area contributed by atoms with Crippen molar-refractivity contribution in [3.05, 3.63) is 48.5 Å². The molecule has 1 unspecified atom stereocenters. The summed E-state index contributed by atoms with van der Waals surface area (Å²) in [5, 5.41) is 0. The van der Waals surface area contributed by atoms with Gasteiger partial charge in [-0.05, 0) is 70.4 Å². The monoisotopic (exact) mass is 496 g/mol. The zero-order valence-electron chi connectivity index (χ0n) is 21.9. The van der Waals surface area contributed by atoms with Crippen LogP contribution in [0.5, 0.6) is 5.75 Å². The van der Waals surface area contributed by atoms with Crippen molar-refractivity contribution in [2.75, 3.05) is 37.7 Å². The second-order valence-corrected chi connectivity index (χ2v) is 10.8. The highest BCUT2D eigenvalue weighted by molar-refractivity contribution is 5.69. The molecule has 8 heteroatoms. The summed E-state index contributed by atoms with van der Waals surface area (Å²) in [5.41, 5.74) is 1.71. The normalized spacial score (nSPS) is 18.9. The van der Waals surface area contributed by atoms with Gasteiger partial charge in [-0.15, -0.1) is 0 Å². The van der Waals surface area contributed by atoms with E-state index in [1.54, 1.807) is 17.3 Å². The smallest absolute Gasteiger partial charge is 0.410 e. The molecule has 2 aliphatic heterocycles. The summed E-state index contributed by atoms with van der Waals surface area (Å²) in [6.45, 7) is 10.3. The van der Waals surface area contributed by atoms with Crippen molar-refractivity contribution < 1.29 is 19.0 Å². The minimum Gasteiger partial charge on any atom is -0.490 e. The van der Waals surface area contributed by atoms with E-state index < -0.39 is 5.60 Å². The molecule has 2 fully saturated rings. The molecular weight excluding hydrogens is 456 g/mol. The van der Waals surface area contributed by atoms with Crippen molar-refractivity contribution >= 4 is 11.8 Å². The van der Waals surface area contributed by atoms with Crippen LogP contribution < -0.4 is 9.64 Å². The largest absolute Gasteiger partial charge is 0.490 e. The van der Waals surface area contributed by atoms with Crippen LogP contribution in [0.2, 0.25) is 0 Å². The van der Waals surface area contributed by atoms with Crippen LogP contribution in [0, 0.1) is 5.92 Å². The van der Waals surface area contributed by atoms with E-state index >= 15 is 0 Å². The summed E-state index contributed by atoms with van der Waals surface area (Å²) in [5.74, 6) is 1.43. The first-order valence-electron chi connectivity index (χ1n) is 13.2. The first-order valence-corrected chi connectivity index (χ1v) is 13.2. The number of anilines is 1. The number of pyridine rings is 2. The lowest BCUT2D eigenvalue weighted by molar-refractivity contribution is 0.0187. The van der Waals surface area contributed by atoms with E-state index in [1.807, 2.05) is 45.3 Å². The first kappa shape index (κ1) is 26.2. The highest BCUT2D eigenvalue weighted by atomic mass is 16.6. The molecule has 2 aromatic rings. The molecule has 2 saturated heterocycles. The minimum absolute atomic E-state index is 0.0274. The number of rotatable bonds is 9. The van der Waals surface area contributed by atoms with E-state index in [1.165, 1.54) is 0 Å². The van der Waals surface area contributed by atoms with E-state index in [0.29, 0.717) is 25.7 Å². The molecule has 0 N–H and O–H groups in total. The van der Waals surface area contributed by atoms with Gasteiger partial charge in [-0.2, -0.15) is 0 Å².